The Morgan fingerprint density at radius 1 is 1.14 bits per heavy atom. The molecule has 0 aliphatic carbocycles. The number of halogens is 1. The summed E-state index contributed by atoms with van der Waals surface area (Å²) >= 11 is 7.43. The van der Waals surface area contributed by atoms with Crippen LogP contribution in [0.5, 0.6) is 0 Å². The van der Waals surface area contributed by atoms with Gasteiger partial charge in [-0.1, -0.05) is 17.7 Å². The Kier molecular flexibility index (Phi) is 7.06. The molecule has 0 saturated carbocycles. The van der Waals surface area contributed by atoms with Crippen LogP contribution in [-0.4, -0.2) is 42.3 Å². The van der Waals surface area contributed by atoms with Crippen LogP contribution < -0.4 is 10.6 Å². The molecule has 148 valence electrons. The maximum Gasteiger partial charge on any atom is 0.261 e. The maximum atomic E-state index is 12.7. The van der Waals surface area contributed by atoms with Crippen LogP contribution in [0.4, 0.5) is 5.69 Å². The van der Waals surface area contributed by atoms with E-state index in [0.29, 0.717) is 34.1 Å². The first-order valence-corrected chi connectivity index (χ1v) is 10.5. The highest BCUT2D eigenvalue weighted by atomic mass is 35.5. The van der Waals surface area contributed by atoms with E-state index in [2.05, 4.69) is 10.6 Å². The number of likely N-dealkylation sites (tertiary alicyclic amines) is 1. The van der Waals surface area contributed by atoms with Crippen molar-refractivity contribution in [2.24, 2.45) is 0 Å². The molecule has 8 heteroatoms. The zero-order chi connectivity index (χ0) is 19.9. The van der Waals surface area contributed by atoms with Crippen LogP contribution in [0.15, 0.2) is 35.7 Å². The normalized spacial score (nSPS) is 13.4. The molecule has 1 fully saturated rings. The summed E-state index contributed by atoms with van der Waals surface area (Å²) in [4.78, 5) is 39.3. The molecule has 6 nitrogen and oxygen atoms in total. The Morgan fingerprint density at radius 2 is 1.93 bits per heavy atom. The second-order valence-electron chi connectivity index (χ2n) is 6.57. The lowest BCUT2D eigenvalue weighted by Crippen LogP contribution is -2.29. The van der Waals surface area contributed by atoms with E-state index in [1.54, 1.807) is 29.2 Å². The third-order valence-corrected chi connectivity index (χ3v) is 5.59. The highest BCUT2D eigenvalue weighted by molar-refractivity contribution is 7.12. The number of nitrogens with zero attached hydrogens (tertiary/aromatic N) is 1. The monoisotopic (exact) mass is 419 g/mol. The van der Waals surface area contributed by atoms with Gasteiger partial charge in [0.15, 0.2) is 0 Å². The van der Waals surface area contributed by atoms with Gasteiger partial charge in [-0.05, 0) is 48.9 Å². The Bertz CT molecular complexity index is 848. The summed E-state index contributed by atoms with van der Waals surface area (Å²) in [5.41, 5.74) is 0.877. The molecule has 1 aromatic carbocycles. The zero-order valence-electron chi connectivity index (χ0n) is 15.4. The topological polar surface area (TPSA) is 78.5 Å². The average Bonchev–Trinajstić information content (AvgIpc) is 3.38. The third kappa shape index (κ3) is 5.33. The quantitative estimate of drug-likeness (QED) is 0.670. The van der Waals surface area contributed by atoms with E-state index in [1.807, 2.05) is 11.4 Å². The van der Waals surface area contributed by atoms with Crippen molar-refractivity contribution in [2.45, 2.75) is 25.7 Å². The molecule has 3 amide bonds. The van der Waals surface area contributed by atoms with Gasteiger partial charge in [0.1, 0.15) is 0 Å². The van der Waals surface area contributed by atoms with E-state index in [4.69, 9.17) is 11.6 Å². The highest BCUT2D eigenvalue weighted by Crippen LogP contribution is 2.24. The van der Waals surface area contributed by atoms with Crippen molar-refractivity contribution in [3.63, 3.8) is 0 Å². The summed E-state index contributed by atoms with van der Waals surface area (Å²) in [6.07, 6.45) is 2.73. The van der Waals surface area contributed by atoms with Crippen molar-refractivity contribution in [3.8, 4) is 0 Å². The van der Waals surface area contributed by atoms with Crippen molar-refractivity contribution in [1.29, 1.82) is 0 Å². The van der Waals surface area contributed by atoms with E-state index in [0.717, 1.165) is 25.9 Å². The van der Waals surface area contributed by atoms with Gasteiger partial charge in [-0.3, -0.25) is 14.4 Å². The number of carbonyl (C=O) groups is 3. The fourth-order valence-electron chi connectivity index (χ4n) is 3.06. The van der Waals surface area contributed by atoms with Crippen LogP contribution in [0.25, 0.3) is 0 Å². The number of amides is 3. The Hall–Kier alpha value is -2.38. The molecule has 1 aliphatic heterocycles. The van der Waals surface area contributed by atoms with Gasteiger partial charge in [0.25, 0.3) is 11.8 Å². The minimum Gasteiger partial charge on any atom is -0.351 e. The molecule has 0 spiro atoms. The van der Waals surface area contributed by atoms with Gasteiger partial charge < -0.3 is 15.5 Å². The number of benzene rings is 1. The minimum absolute atomic E-state index is 0.0901. The predicted molar refractivity (Wildman–Crippen MR) is 111 cm³/mol. The van der Waals surface area contributed by atoms with E-state index in [1.165, 1.54) is 11.3 Å². The van der Waals surface area contributed by atoms with Gasteiger partial charge in [-0.15, -0.1) is 11.3 Å². The van der Waals surface area contributed by atoms with Gasteiger partial charge in [-0.25, -0.2) is 0 Å². The van der Waals surface area contributed by atoms with Crippen LogP contribution in [0.1, 0.15) is 45.7 Å². The summed E-state index contributed by atoms with van der Waals surface area (Å²) in [5, 5.41) is 7.88. The second kappa shape index (κ2) is 9.71. The van der Waals surface area contributed by atoms with E-state index in [-0.39, 0.29) is 24.1 Å². The zero-order valence-corrected chi connectivity index (χ0v) is 16.9. The standard InChI is InChI=1S/C20H22ClN3O3S/c21-14-7-8-15(20(27)24-10-1-2-11-24)16(13-14)23-18(25)6-3-9-22-19(26)17-5-4-12-28-17/h4-5,7-8,12-13H,1-3,6,9-11H2,(H,22,26)(H,23,25). The lowest BCUT2D eigenvalue weighted by Gasteiger charge is -2.18. The Morgan fingerprint density at radius 3 is 2.64 bits per heavy atom. The molecule has 1 aromatic heterocycles. The number of carbonyl (C=O) groups excluding carboxylic acids is 3. The summed E-state index contributed by atoms with van der Waals surface area (Å²) in [6.45, 7) is 1.87. The molecule has 0 unspecified atom stereocenters. The third-order valence-electron chi connectivity index (χ3n) is 4.49. The van der Waals surface area contributed by atoms with Crippen molar-refractivity contribution in [2.75, 3.05) is 25.0 Å². The van der Waals surface area contributed by atoms with Crippen LogP contribution in [0, 0.1) is 0 Å². The molecule has 2 heterocycles. The van der Waals surface area contributed by atoms with Gasteiger partial charge in [0.2, 0.25) is 5.91 Å². The highest BCUT2D eigenvalue weighted by Gasteiger charge is 2.22. The lowest BCUT2D eigenvalue weighted by atomic mass is 10.1. The molecule has 0 bridgehead atoms. The average molecular weight is 420 g/mol. The fourth-order valence-corrected chi connectivity index (χ4v) is 3.87. The number of hydrogen-bond acceptors (Lipinski definition) is 4. The number of rotatable bonds is 7. The Labute approximate surface area is 172 Å². The molecule has 2 aromatic rings. The molecular weight excluding hydrogens is 398 g/mol. The second-order valence-corrected chi connectivity index (χ2v) is 7.96. The van der Waals surface area contributed by atoms with Crippen LogP contribution >= 0.6 is 22.9 Å². The molecule has 0 radical (unpaired) electrons. The number of hydrogen-bond donors (Lipinski definition) is 2. The van der Waals surface area contributed by atoms with E-state index in [9.17, 15) is 14.4 Å². The first-order chi connectivity index (χ1) is 13.5. The maximum absolute atomic E-state index is 12.7. The minimum atomic E-state index is -0.219. The molecule has 1 saturated heterocycles. The van der Waals surface area contributed by atoms with Crippen LogP contribution in [0.2, 0.25) is 5.02 Å². The summed E-state index contributed by atoms with van der Waals surface area (Å²) in [7, 11) is 0. The predicted octanol–water partition coefficient (Wildman–Crippen LogP) is 3.79. The summed E-state index contributed by atoms with van der Waals surface area (Å²) in [5.74, 6) is -0.445. The number of nitrogens with one attached hydrogen (secondary N) is 2. The SMILES string of the molecule is O=C(CCCNC(=O)c1cccs1)Nc1cc(Cl)ccc1C(=O)N1CCCC1. The van der Waals surface area contributed by atoms with E-state index >= 15 is 0 Å². The van der Waals surface area contributed by atoms with Gasteiger partial charge >= 0.3 is 0 Å². The first-order valence-electron chi connectivity index (χ1n) is 9.25. The summed E-state index contributed by atoms with van der Waals surface area (Å²) in [6, 6.07) is 8.48. The summed E-state index contributed by atoms with van der Waals surface area (Å²) < 4.78 is 0. The van der Waals surface area contributed by atoms with Crippen LogP contribution in [0.3, 0.4) is 0 Å². The smallest absolute Gasteiger partial charge is 0.261 e. The fraction of sp³-hybridized carbons (Fsp3) is 0.350. The molecule has 1 aliphatic rings. The van der Waals surface area contributed by atoms with Gasteiger partial charge in [-0.2, -0.15) is 0 Å². The number of thiophene rings is 1. The van der Waals surface area contributed by atoms with Crippen molar-refractivity contribution < 1.29 is 14.4 Å². The van der Waals surface area contributed by atoms with Crippen molar-refractivity contribution >= 4 is 46.3 Å². The van der Waals surface area contributed by atoms with E-state index < -0.39 is 0 Å². The molecular formula is C20H22ClN3O3S. The Balaban J connectivity index is 1.52. The van der Waals surface area contributed by atoms with Crippen LogP contribution in [-0.2, 0) is 4.79 Å². The largest absolute Gasteiger partial charge is 0.351 e. The molecule has 28 heavy (non-hydrogen) atoms. The lowest BCUT2D eigenvalue weighted by molar-refractivity contribution is -0.116. The number of anilines is 1. The first kappa shape index (κ1) is 20.4. The van der Waals surface area contributed by atoms with Gasteiger partial charge in [0.05, 0.1) is 16.1 Å². The molecule has 0 atom stereocenters. The van der Waals surface area contributed by atoms with Gasteiger partial charge in [0, 0.05) is 31.1 Å². The molecule has 2 N–H and O–H groups in total. The van der Waals surface area contributed by atoms with Crippen molar-refractivity contribution in [1.82, 2.24) is 10.2 Å². The van der Waals surface area contributed by atoms with Crippen molar-refractivity contribution in [3.05, 3.63) is 51.2 Å². The molecule has 3 rings (SSSR count).